The molecular formula is C27H24N4O3. The Morgan fingerprint density at radius 3 is 2.09 bits per heavy atom. The number of carbonyl (C=O) groups excluding carboxylic acids is 1. The average Bonchev–Trinajstić information content (AvgIpc) is 2.86. The molecule has 1 aromatic heterocycles. The SMILES string of the molecule is CN(C(=O)C(=Cc1ccccc1)c1ccccc1)c1c(N)n(Cc2ccccc2)c(=O)[nH]c1=O. The number of aromatic nitrogens is 2. The van der Waals surface area contributed by atoms with E-state index in [0.29, 0.717) is 11.1 Å². The molecule has 0 saturated carbocycles. The molecule has 4 rings (SSSR count). The first-order chi connectivity index (χ1) is 16.5. The first kappa shape index (κ1) is 22.5. The number of aromatic amines is 1. The molecule has 7 heteroatoms. The number of hydrogen-bond donors (Lipinski definition) is 2. The number of H-pyrrole nitrogens is 1. The number of nitrogens with one attached hydrogen (secondary N) is 1. The van der Waals surface area contributed by atoms with E-state index in [1.165, 1.54) is 16.5 Å². The topological polar surface area (TPSA) is 101 Å². The first-order valence-electron chi connectivity index (χ1n) is 10.7. The van der Waals surface area contributed by atoms with Gasteiger partial charge >= 0.3 is 5.69 Å². The molecule has 0 aliphatic carbocycles. The van der Waals surface area contributed by atoms with Crippen LogP contribution in [0.3, 0.4) is 0 Å². The van der Waals surface area contributed by atoms with Crippen molar-refractivity contribution >= 4 is 29.1 Å². The molecule has 0 bridgehead atoms. The molecular weight excluding hydrogens is 428 g/mol. The van der Waals surface area contributed by atoms with Crippen LogP contribution in [0.5, 0.6) is 0 Å². The molecule has 3 aromatic carbocycles. The van der Waals surface area contributed by atoms with Crippen LogP contribution < -0.4 is 21.9 Å². The van der Waals surface area contributed by atoms with Crippen molar-refractivity contribution in [3.05, 3.63) is 129 Å². The van der Waals surface area contributed by atoms with Gasteiger partial charge in [-0.15, -0.1) is 0 Å². The molecule has 0 aliphatic rings. The Balaban J connectivity index is 1.79. The van der Waals surface area contributed by atoms with E-state index in [4.69, 9.17) is 5.73 Å². The molecule has 0 radical (unpaired) electrons. The van der Waals surface area contributed by atoms with Gasteiger partial charge in [0.1, 0.15) is 5.82 Å². The first-order valence-corrected chi connectivity index (χ1v) is 10.7. The standard InChI is InChI=1S/C27H24N4O3/c1-30(23-24(28)31(27(34)29-25(23)32)18-20-13-7-3-8-14-20)26(33)22(21-15-9-4-10-16-21)17-19-11-5-2-6-12-19/h2-17H,18,28H2,1H3,(H,29,32,34). The summed E-state index contributed by atoms with van der Waals surface area (Å²) in [5.41, 5.74) is 7.58. The Bertz CT molecular complexity index is 1440. The smallest absolute Gasteiger partial charge is 0.330 e. The summed E-state index contributed by atoms with van der Waals surface area (Å²) in [5.74, 6) is -0.516. The van der Waals surface area contributed by atoms with Crippen molar-refractivity contribution in [1.29, 1.82) is 0 Å². The lowest BCUT2D eigenvalue weighted by Crippen LogP contribution is -2.39. The van der Waals surface area contributed by atoms with Crippen LogP contribution in [0.1, 0.15) is 16.7 Å². The van der Waals surface area contributed by atoms with Crippen LogP contribution in [-0.2, 0) is 11.3 Å². The molecule has 0 spiro atoms. The average molecular weight is 453 g/mol. The van der Waals surface area contributed by atoms with E-state index >= 15 is 0 Å². The minimum atomic E-state index is -0.727. The number of hydrogen-bond acceptors (Lipinski definition) is 4. The van der Waals surface area contributed by atoms with Crippen molar-refractivity contribution in [3.63, 3.8) is 0 Å². The third-order valence-corrected chi connectivity index (χ3v) is 5.46. The summed E-state index contributed by atoms with van der Waals surface area (Å²) in [6.07, 6.45) is 1.76. The Morgan fingerprint density at radius 1 is 0.912 bits per heavy atom. The lowest BCUT2D eigenvalue weighted by molar-refractivity contribution is -0.113. The fourth-order valence-electron chi connectivity index (χ4n) is 3.71. The van der Waals surface area contributed by atoms with Gasteiger partial charge in [0.05, 0.1) is 6.54 Å². The van der Waals surface area contributed by atoms with E-state index < -0.39 is 17.2 Å². The zero-order valence-electron chi connectivity index (χ0n) is 18.6. The number of nitrogens with two attached hydrogens (primary N) is 1. The largest absolute Gasteiger partial charge is 0.383 e. The second-order valence-corrected chi connectivity index (χ2v) is 7.76. The second kappa shape index (κ2) is 9.87. The van der Waals surface area contributed by atoms with E-state index in [-0.39, 0.29) is 18.1 Å². The van der Waals surface area contributed by atoms with Gasteiger partial charge in [0.25, 0.3) is 11.5 Å². The van der Waals surface area contributed by atoms with E-state index in [1.807, 2.05) is 91.0 Å². The van der Waals surface area contributed by atoms with Gasteiger partial charge in [0, 0.05) is 12.6 Å². The number of likely N-dealkylation sites (N-methyl/N-ethyl adjacent to an activating group) is 1. The van der Waals surface area contributed by atoms with Crippen molar-refractivity contribution in [2.24, 2.45) is 0 Å². The third kappa shape index (κ3) is 4.73. The van der Waals surface area contributed by atoms with Crippen LogP contribution in [0.2, 0.25) is 0 Å². The van der Waals surface area contributed by atoms with Crippen molar-refractivity contribution in [2.75, 3.05) is 17.7 Å². The van der Waals surface area contributed by atoms with Crippen molar-refractivity contribution in [3.8, 4) is 0 Å². The summed E-state index contributed by atoms with van der Waals surface area (Å²) in [6.45, 7) is 0.155. The number of nitrogens with zero attached hydrogens (tertiary/aromatic N) is 2. The number of amides is 1. The summed E-state index contributed by atoms with van der Waals surface area (Å²) in [7, 11) is 1.47. The second-order valence-electron chi connectivity index (χ2n) is 7.76. The predicted octanol–water partition coefficient (Wildman–Crippen LogP) is 3.37. The Labute approximate surface area is 196 Å². The fraction of sp³-hybridized carbons (Fsp3) is 0.0741. The van der Waals surface area contributed by atoms with Gasteiger partial charge in [0.15, 0.2) is 5.69 Å². The van der Waals surface area contributed by atoms with Gasteiger partial charge < -0.3 is 10.6 Å². The van der Waals surface area contributed by atoms with Gasteiger partial charge in [-0.25, -0.2) is 4.79 Å². The highest BCUT2D eigenvalue weighted by Gasteiger charge is 2.24. The monoisotopic (exact) mass is 452 g/mol. The van der Waals surface area contributed by atoms with Crippen molar-refractivity contribution in [1.82, 2.24) is 9.55 Å². The molecule has 3 N–H and O–H groups in total. The molecule has 7 nitrogen and oxygen atoms in total. The quantitative estimate of drug-likeness (QED) is 0.346. The predicted molar refractivity (Wildman–Crippen MR) is 135 cm³/mol. The highest BCUT2D eigenvalue weighted by molar-refractivity contribution is 6.30. The molecule has 1 heterocycles. The number of carbonyl (C=O) groups is 1. The van der Waals surface area contributed by atoms with E-state index in [9.17, 15) is 14.4 Å². The maximum absolute atomic E-state index is 13.7. The van der Waals surface area contributed by atoms with Gasteiger partial charge in [-0.2, -0.15) is 0 Å². The number of nitrogen functional groups attached to an aromatic ring is 1. The Hall–Kier alpha value is -4.65. The van der Waals surface area contributed by atoms with Gasteiger partial charge in [0.2, 0.25) is 0 Å². The molecule has 0 unspecified atom stereocenters. The minimum absolute atomic E-state index is 0.0828. The third-order valence-electron chi connectivity index (χ3n) is 5.46. The summed E-state index contributed by atoms with van der Waals surface area (Å²) in [4.78, 5) is 42.4. The molecule has 0 fully saturated rings. The molecule has 0 aliphatic heterocycles. The lowest BCUT2D eigenvalue weighted by Gasteiger charge is -2.22. The molecule has 1 amide bonds. The summed E-state index contributed by atoms with van der Waals surface area (Å²) < 4.78 is 1.25. The zero-order chi connectivity index (χ0) is 24.1. The lowest BCUT2D eigenvalue weighted by atomic mass is 10.0. The van der Waals surface area contributed by atoms with Crippen LogP contribution in [0.4, 0.5) is 11.5 Å². The van der Waals surface area contributed by atoms with Crippen LogP contribution in [0.15, 0.2) is 101 Å². The van der Waals surface area contributed by atoms with Gasteiger partial charge in [-0.3, -0.25) is 19.1 Å². The van der Waals surface area contributed by atoms with E-state index in [1.54, 1.807) is 6.08 Å². The Kier molecular flexibility index (Phi) is 6.54. The maximum atomic E-state index is 13.7. The molecule has 0 atom stereocenters. The van der Waals surface area contributed by atoms with Gasteiger partial charge in [-0.05, 0) is 22.8 Å². The van der Waals surface area contributed by atoms with Crippen molar-refractivity contribution in [2.45, 2.75) is 6.54 Å². The normalized spacial score (nSPS) is 11.3. The highest BCUT2D eigenvalue weighted by atomic mass is 16.2. The zero-order valence-corrected chi connectivity index (χ0v) is 18.6. The molecule has 170 valence electrons. The maximum Gasteiger partial charge on any atom is 0.330 e. The summed E-state index contributed by atoms with van der Waals surface area (Å²) in [5, 5.41) is 0. The number of anilines is 2. The summed E-state index contributed by atoms with van der Waals surface area (Å²) >= 11 is 0. The molecule has 4 aromatic rings. The summed E-state index contributed by atoms with van der Waals surface area (Å²) in [6, 6.07) is 27.9. The Morgan fingerprint density at radius 2 is 1.47 bits per heavy atom. The van der Waals surface area contributed by atoms with E-state index in [0.717, 1.165) is 11.1 Å². The van der Waals surface area contributed by atoms with Gasteiger partial charge in [-0.1, -0.05) is 91.0 Å². The highest BCUT2D eigenvalue weighted by Crippen LogP contribution is 2.24. The van der Waals surface area contributed by atoms with Crippen LogP contribution >= 0.6 is 0 Å². The van der Waals surface area contributed by atoms with Crippen LogP contribution in [0, 0.1) is 0 Å². The minimum Gasteiger partial charge on any atom is -0.383 e. The van der Waals surface area contributed by atoms with Crippen LogP contribution in [0.25, 0.3) is 11.6 Å². The number of rotatable bonds is 6. The van der Waals surface area contributed by atoms with Crippen molar-refractivity contribution < 1.29 is 4.79 Å². The molecule has 0 saturated heterocycles. The number of benzene rings is 3. The van der Waals surface area contributed by atoms with Crippen LogP contribution in [-0.4, -0.2) is 22.5 Å². The van der Waals surface area contributed by atoms with E-state index in [2.05, 4.69) is 4.98 Å². The molecule has 34 heavy (non-hydrogen) atoms. The fourth-order valence-corrected chi connectivity index (χ4v) is 3.71.